The van der Waals surface area contributed by atoms with Crippen molar-refractivity contribution in [2.75, 3.05) is 0 Å². The van der Waals surface area contributed by atoms with Gasteiger partial charge in [0.15, 0.2) is 0 Å². The molecule has 0 saturated heterocycles. The van der Waals surface area contributed by atoms with Crippen LogP contribution in [0.4, 0.5) is 0 Å². The average Bonchev–Trinajstić information content (AvgIpc) is 3.81. The molecule has 0 N–H and O–H groups in total. The Bertz CT molecular complexity index is 2450. The maximum atomic E-state index is 2.63. The van der Waals surface area contributed by atoms with Gasteiger partial charge in [0.1, 0.15) is 0 Å². The number of hydrogen-bond donors (Lipinski definition) is 0. The molecule has 0 saturated carbocycles. The number of benzene rings is 6. The number of allylic oxidation sites excluding steroid dienone is 4. The van der Waals surface area contributed by atoms with Crippen molar-refractivity contribution in [2.24, 2.45) is 0 Å². The second-order valence-electron chi connectivity index (χ2n) is 17.5. The Kier molecular flexibility index (Phi) is 9.91. The molecule has 0 heterocycles. The van der Waals surface area contributed by atoms with E-state index in [4.69, 9.17) is 0 Å². The number of rotatable bonds is 6. The van der Waals surface area contributed by atoms with E-state index in [0.717, 1.165) is 12.8 Å². The molecular formula is C52H52SiZr. The van der Waals surface area contributed by atoms with Crippen LogP contribution in [-0.4, -0.2) is 5.43 Å². The van der Waals surface area contributed by atoms with Crippen LogP contribution >= 0.6 is 0 Å². The van der Waals surface area contributed by atoms with Gasteiger partial charge in [-0.2, -0.15) is 0 Å². The monoisotopic (exact) mass is 794 g/mol. The Morgan fingerprint density at radius 2 is 1.13 bits per heavy atom. The van der Waals surface area contributed by atoms with Crippen LogP contribution in [0.2, 0.25) is 0 Å². The molecule has 0 aromatic heterocycles. The summed E-state index contributed by atoms with van der Waals surface area (Å²) in [6.07, 6.45) is 9.38. The Hall–Kier alpha value is -4.10. The van der Waals surface area contributed by atoms with Crippen LogP contribution in [-0.2, 0) is 37.6 Å². The Morgan fingerprint density at radius 3 is 1.67 bits per heavy atom. The van der Waals surface area contributed by atoms with Gasteiger partial charge in [-0.15, -0.1) is 0 Å². The summed E-state index contributed by atoms with van der Waals surface area (Å²) in [4.78, 5) is 0. The SMILES string of the molecule is Cc1cccc([Si](c2cccc(C)c2)=[Zr]([C]2=CC=CC2)[c]2c3c(cc(C(C)(C)C)c2-c2ccccc2)-c2cc(C(C)(C)C)c(-c4ccccc4)cc2C3)c1. The molecule has 0 amide bonds. The van der Waals surface area contributed by atoms with E-state index < -0.39 is 25.8 Å². The molecule has 0 aliphatic heterocycles. The Morgan fingerprint density at radius 1 is 0.556 bits per heavy atom. The van der Waals surface area contributed by atoms with Crippen molar-refractivity contribution in [2.45, 2.75) is 79.1 Å². The summed E-state index contributed by atoms with van der Waals surface area (Å²) in [6, 6.07) is 49.5. The quantitative estimate of drug-likeness (QED) is 0.147. The van der Waals surface area contributed by atoms with Gasteiger partial charge in [-0.1, -0.05) is 0 Å². The van der Waals surface area contributed by atoms with E-state index in [1.54, 1.807) is 22.5 Å². The zero-order chi connectivity index (χ0) is 37.8. The molecule has 6 aromatic carbocycles. The van der Waals surface area contributed by atoms with Crippen LogP contribution in [0, 0.1) is 13.8 Å². The molecule has 2 heteroatoms. The summed E-state index contributed by atoms with van der Waals surface area (Å²) in [5.41, 5.74) is 16.0. The molecule has 0 unspecified atom stereocenters. The molecule has 2 aliphatic rings. The van der Waals surface area contributed by atoms with Crippen LogP contribution in [0.25, 0.3) is 33.4 Å². The minimum atomic E-state index is -2.86. The van der Waals surface area contributed by atoms with Gasteiger partial charge in [0.25, 0.3) is 0 Å². The molecule has 0 nitrogen and oxygen atoms in total. The van der Waals surface area contributed by atoms with Crippen LogP contribution in [0.15, 0.2) is 149 Å². The van der Waals surface area contributed by atoms with Gasteiger partial charge in [0, 0.05) is 0 Å². The van der Waals surface area contributed by atoms with Gasteiger partial charge in [-0.25, -0.2) is 0 Å². The second kappa shape index (κ2) is 14.5. The van der Waals surface area contributed by atoms with E-state index in [1.807, 2.05) is 0 Å². The molecule has 54 heavy (non-hydrogen) atoms. The summed E-state index contributed by atoms with van der Waals surface area (Å²) in [5.74, 6) is 0. The van der Waals surface area contributed by atoms with Crippen LogP contribution in [0.3, 0.4) is 0 Å². The third-order valence-corrected chi connectivity index (χ3v) is 30.0. The molecule has 2 aliphatic carbocycles. The first-order valence-corrected chi connectivity index (χ1v) is 27.3. The molecule has 6 aromatic rings. The van der Waals surface area contributed by atoms with Gasteiger partial charge in [-0.3, -0.25) is 0 Å². The van der Waals surface area contributed by atoms with Crippen molar-refractivity contribution < 1.29 is 20.4 Å². The van der Waals surface area contributed by atoms with Crippen LogP contribution < -0.4 is 13.6 Å². The summed E-state index contributed by atoms with van der Waals surface area (Å²) in [5, 5.41) is 3.14. The first kappa shape index (κ1) is 36.9. The first-order valence-electron chi connectivity index (χ1n) is 19.6. The van der Waals surface area contributed by atoms with Crippen molar-refractivity contribution in [1.82, 2.24) is 0 Å². The van der Waals surface area contributed by atoms with Gasteiger partial charge in [0.2, 0.25) is 0 Å². The fraction of sp³-hybridized carbons (Fsp3) is 0.231. The summed E-state index contributed by atoms with van der Waals surface area (Å²) < 4.78 is 3.48. The summed E-state index contributed by atoms with van der Waals surface area (Å²) in [7, 11) is 0. The maximum absolute atomic E-state index is 2.86. The fourth-order valence-corrected chi connectivity index (χ4v) is 29.8. The normalized spacial score (nSPS) is 13.4. The van der Waals surface area contributed by atoms with Crippen molar-refractivity contribution in [3.63, 3.8) is 0 Å². The average molecular weight is 796 g/mol. The molecule has 268 valence electrons. The number of aryl methyl sites for hydroxylation is 2. The fourth-order valence-electron chi connectivity index (χ4n) is 8.76. The second-order valence-corrected chi connectivity index (χ2v) is 30.7. The van der Waals surface area contributed by atoms with Gasteiger partial charge in [0.05, 0.1) is 0 Å². The van der Waals surface area contributed by atoms with Crippen molar-refractivity contribution in [1.29, 1.82) is 0 Å². The molecule has 0 bridgehead atoms. The van der Waals surface area contributed by atoms with Crippen molar-refractivity contribution in [3.8, 4) is 33.4 Å². The molecular weight excluding hydrogens is 744 g/mol. The molecule has 0 radical (unpaired) electrons. The van der Waals surface area contributed by atoms with Crippen LogP contribution in [0.1, 0.15) is 81.3 Å². The molecule has 8 rings (SSSR count). The third-order valence-electron chi connectivity index (χ3n) is 11.3. The standard InChI is InChI=1S/C33H33.C14H14Si.C5H5.Zr/c1-32(2,3)30-20-26-24(18-28(30)22-13-9-7-10-14-22)17-25-19-29(23-15-11-8-12-16-23)31(21-27(25)26)33(4,5)6;1-11-5-3-7-13(9-11)15-14-8-4-6-12(2)10-14;1-2-4-5-3-1;/h7-16,18,20-21H,17H2,1-6H3;3-10H,1-2H3;1-3H,4H2;. The molecule has 0 atom stereocenters. The predicted molar refractivity (Wildman–Crippen MR) is 232 cm³/mol. The van der Waals surface area contributed by atoms with E-state index in [1.165, 1.54) is 61.2 Å². The predicted octanol–water partition coefficient (Wildman–Crippen LogP) is 11.7. The number of fused-ring (bicyclic) bond motifs is 3. The van der Waals surface area contributed by atoms with Crippen LogP contribution in [0.5, 0.6) is 0 Å². The van der Waals surface area contributed by atoms with E-state index in [9.17, 15) is 0 Å². The van der Waals surface area contributed by atoms with E-state index in [2.05, 4.69) is 201 Å². The molecule has 0 fully saturated rings. The zero-order valence-corrected chi connectivity index (χ0v) is 36.7. The Balaban J connectivity index is 1.57. The van der Waals surface area contributed by atoms with Gasteiger partial charge >= 0.3 is 334 Å². The van der Waals surface area contributed by atoms with Crippen molar-refractivity contribution in [3.05, 3.63) is 182 Å². The zero-order valence-electron chi connectivity index (χ0n) is 33.3. The minimum absolute atomic E-state index is 0.00359. The topological polar surface area (TPSA) is 0 Å². The molecule has 0 spiro atoms. The van der Waals surface area contributed by atoms with E-state index >= 15 is 0 Å². The van der Waals surface area contributed by atoms with E-state index in [-0.39, 0.29) is 10.8 Å². The Labute approximate surface area is 331 Å². The summed E-state index contributed by atoms with van der Waals surface area (Å²) >= 11 is -2.86. The van der Waals surface area contributed by atoms with Crippen molar-refractivity contribution >= 4 is 19.1 Å². The van der Waals surface area contributed by atoms with Gasteiger partial charge < -0.3 is 0 Å². The van der Waals surface area contributed by atoms with Gasteiger partial charge in [-0.05, 0) is 0 Å². The number of hydrogen-bond acceptors (Lipinski definition) is 0. The summed E-state index contributed by atoms with van der Waals surface area (Å²) in [6.45, 7) is 19.0. The third kappa shape index (κ3) is 6.98. The first-order chi connectivity index (χ1) is 25.9. The van der Waals surface area contributed by atoms with E-state index in [0.29, 0.717) is 0 Å².